The Morgan fingerprint density at radius 2 is 1.52 bits per heavy atom. The average Bonchev–Trinajstić information content (AvgIpc) is 3.96. The molecule has 2 aromatic rings. The molecule has 65 heavy (non-hydrogen) atoms. The van der Waals surface area contributed by atoms with Crippen LogP contribution in [0.4, 0.5) is 0 Å². The number of ether oxygens (including phenoxy) is 1. The van der Waals surface area contributed by atoms with Gasteiger partial charge in [0.15, 0.2) is 0 Å². The van der Waals surface area contributed by atoms with Crippen LogP contribution in [0.5, 0.6) is 0 Å². The summed E-state index contributed by atoms with van der Waals surface area (Å²) in [6.45, 7) is 8.16. The first-order valence-electron chi connectivity index (χ1n) is 22.6. The van der Waals surface area contributed by atoms with Crippen LogP contribution in [0.25, 0.3) is 0 Å². The number of aliphatic hydroxyl groups excluding tert-OH is 1. The second-order valence-corrected chi connectivity index (χ2v) is 18.5. The number of imidazole rings is 1. The minimum Gasteiger partial charge on any atom is -0.394 e. The van der Waals surface area contributed by atoms with Crippen molar-refractivity contribution in [3.63, 3.8) is 0 Å². The van der Waals surface area contributed by atoms with Gasteiger partial charge in [0.25, 0.3) is 0 Å². The maximum absolute atomic E-state index is 13.9. The van der Waals surface area contributed by atoms with Gasteiger partial charge in [-0.3, -0.25) is 37.8 Å². The third-order valence-electron chi connectivity index (χ3n) is 10.7. The number of primary amides is 1. The summed E-state index contributed by atoms with van der Waals surface area (Å²) in [5.74, 6) is -4.73. The van der Waals surface area contributed by atoms with Gasteiger partial charge in [0, 0.05) is 24.9 Å². The molecular weight excluding hydrogens is 864 g/mol. The zero-order valence-corrected chi connectivity index (χ0v) is 39.3. The molecule has 3 rings (SSSR count). The summed E-state index contributed by atoms with van der Waals surface area (Å²) in [4.78, 5) is 98.9. The van der Waals surface area contributed by atoms with Gasteiger partial charge < -0.3 is 51.6 Å². The number of nitrogens with two attached hydrogens (primary N) is 1. The van der Waals surface area contributed by atoms with Gasteiger partial charge in [-0.05, 0) is 70.8 Å². The summed E-state index contributed by atoms with van der Waals surface area (Å²) in [7, 11) is -4.72. The summed E-state index contributed by atoms with van der Waals surface area (Å²) in [5, 5.41) is 20.3. The van der Waals surface area contributed by atoms with E-state index in [-0.39, 0.29) is 50.4 Å². The van der Waals surface area contributed by atoms with Crippen LogP contribution in [0.15, 0.2) is 42.9 Å². The van der Waals surface area contributed by atoms with Gasteiger partial charge in [-0.1, -0.05) is 69.9 Å². The molecular formula is C44H71N8O12P. The van der Waals surface area contributed by atoms with E-state index in [0.29, 0.717) is 31.5 Å². The van der Waals surface area contributed by atoms with Gasteiger partial charge in [0.1, 0.15) is 30.2 Å². The van der Waals surface area contributed by atoms with Gasteiger partial charge >= 0.3 is 7.82 Å². The van der Waals surface area contributed by atoms with Crippen molar-refractivity contribution in [1.82, 2.24) is 36.1 Å². The number of phosphoric ester groups is 1. The van der Waals surface area contributed by atoms with E-state index in [1.54, 1.807) is 0 Å². The predicted molar refractivity (Wildman–Crippen MR) is 240 cm³/mol. The first-order valence-corrected chi connectivity index (χ1v) is 24.1. The lowest BCUT2D eigenvalue weighted by atomic mass is 10.0. The minimum atomic E-state index is -4.72. The number of aromatic amines is 1. The monoisotopic (exact) mass is 934 g/mol. The summed E-state index contributed by atoms with van der Waals surface area (Å²) in [5.41, 5.74) is 7.25. The first kappa shape index (κ1) is 54.6. The molecule has 1 aromatic carbocycles. The Kier molecular flexibility index (Phi) is 23.8. The highest BCUT2D eigenvalue weighted by Gasteiger charge is 2.38. The number of amides is 6. The van der Waals surface area contributed by atoms with Crippen LogP contribution in [-0.2, 0) is 60.0 Å². The maximum Gasteiger partial charge on any atom is 0.472 e. The molecule has 1 unspecified atom stereocenters. The average molecular weight is 935 g/mol. The lowest BCUT2D eigenvalue weighted by Gasteiger charge is -2.29. The smallest absolute Gasteiger partial charge is 0.394 e. The normalized spacial score (nSPS) is 17.1. The molecule has 0 aliphatic carbocycles. The number of carbonyl (C=O) groups excluding carboxylic acids is 6. The second kappa shape index (κ2) is 28.3. The van der Waals surface area contributed by atoms with Crippen molar-refractivity contribution in [2.75, 3.05) is 26.4 Å². The van der Waals surface area contributed by atoms with Gasteiger partial charge in [-0.25, -0.2) is 9.55 Å². The molecule has 1 aliphatic rings. The van der Waals surface area contributed by atoms with E-state index in [1.807, 2.05) is 45.9 Å². The molecule has 21 heteroatoms. The number of nitrogens with zero attached hydrogens (tertiary/aromatic N) is 2. The standard InChI is InChI=1S/C44H71N8O12P/c1-29(2)24-34(49-44(59)37-19-15-21-52(37)38(54)20-23-62-30(3)4)41(56)48-35(25-33-26-46-28-47-33)42(57)50-36(27-53)43(58)51-39(40(45)55)31(5)64-65(60,61)63-22-14-9-7-6-8-11-16-32-17-12-10-13-18-32/h10,12-13,17-18,26,28-31,34-37,39,53H,6-9,11,14-16,19-25,27H2,1-5H3,(H2,45,55)(H,46,47)(H,48,56)(H,49,59)(H,50,57)(H,51,58)(H,60,61)/t31-,34+,35+,36+,37+,39+/m1/s1. The molecule has 0 radical (unpaired) electrons. The van der Waals surface area contributed by atoms with E-state index in [4.69, 9.17) is 19.5 Å². The molecule has 0 bridgehead atoms. The number of hydrogen-bond acceptors (Lipinski definition) is 12. The number of aryl methyl sites for hydroxylation is 1. The molecule has 6 amide bonds. The summed E-state index contributed by atoms with van der Waals surface area (Å²) in [6.07, 6.45) is 8.65. The number of likely N-dealkylation sites (tertiary alicyclic amines) is 1. The maximum atomic E-state index is 13.9. The van der Waals surface area contributed by atoms with Crippen LogP contribution in [-0.4, -0.2) is 129 Å². The number of benzene rings is 1. The zero-order valence-electron chi connectivity index (χ0n) is 38.4. The van der Waals surface area contributed by atoms with Crippen molar-refractivity contribution < 1.29 is 57.1 Å². The van der Waals surface area contributed by atoms with Crippen molar-refractivity contribution in [2.45, 2.75) is 154 Å². The highest BCUT2D eigenvalue weighted by atomic mass is 31.2. The third kappa shape index (κ3) is 20.1. The number of hydrogen-bond donors (Lipinski definition) is 8. The molecule has 0 saturated carbocycles. The van der Waals surface area contributed by atoms with Gasteiger partial charge in [0.2, 0.25) is 35.4 Å². The number of H-pyrrole nitrogens is 1. The number of rotatable bonds is 31. The molecule has 7 atom stereocenters. The first-order chi connectivity index (χ1) is 30.9. The predicted octanol–water partition coefficient (Wildman–Crippen LogP) is 2.33. The zero-order chi connectivity index (χ0) is 47.9. The Morgan fingerprint density at radius 3 is 2.15 bits per heavy atom. The van der Waals surface area contributed by atoms with E-state index in [9.17, 15) is 43.3 Å². The Morgan fingerprint density at radius 1 is 0.877 bits per heavy atom. The van der Waals surface area contributed by atoms with Crippen molar-refractivity contribution in [2.24, 2.45) is 11.7 Å². The highest BCUT2D eigenvalue weighted by molar-refractivity contribution is 7.47. The molecule has 20 nitrogen and oxygen atoms in total. The third-order valence-corrected chi connectivity index (χ3v) is 11.8. The SMILES string of the molecule is CC(C)C[C@H](NC(=O)[C@@H]1CCCN1C(=O)CCOC(C)C)C(=O)N[C@@H](Cc1cnc[nH]1)C(=O)N[C@@H](CO)C(=O)N[C@H](C(N)=O)[C@@H](C)OP(=O)(O)OCCCCCCCCc1ccccc1. The van der Waals surface area contributed by atoms with Crippen molar-refractivity contribution in [1.29, 1.82) is 0 Å². The van der Waals surface area contributed by atoms with Gasteiger partial charge in [-0.15, -0.1) is 0 Å². The fourth-order valence-electron chi connectivity index (χ4n) is 7.34. The van der Waals surface area contributed by atoms with Crippen molar-refractivity contribution in [3.05, 3.63) is 54.1 Å². The van der Waals surface area contributed by atoms with Crippen molar-refractivity contribution in [3.8, 4) is 0 Å². The fraction of sp³-hybridized carbons (Fsp3) is 0.659. The Labute approximate surface area is 381 Å². The fourth-order valence-corrected chi connectivity index (χ4v) is 8.30. The topological polar surface area (TPSA) is 294 Å². The van der Waals surface area contributed by atoms with E-state index in [2.05, 4.69) is 43.4 Å². The Balaban J connectivity index is 1.58. The molecule has 364 valence electrons. The summed E-state index contributed by atoms with van der Waals surface area (Å²) < 4.78 is 28.5. The van der Waals surface area contributed by atoms with Crippen LogP contribution >= 0.6 is 7.82 Å². The number of phosphoric acid groups is 1. The summed E-state index contributed by atoms with van der Waals surface area (Å²) in [6, 6.07) is 3.53. The largest absolute Gasteiger partial charge is 0.472 e. The van der Waals surface area contributed by atoms with Crippen LogP contribution in [0, 0.1) is 5.92 Å². The Bertz CT molecular complexity index is 1840. The van der Waals surface area contributed by atoms with E-state index < -0.39 is 80.3 Å². The summed E-state index contributed by atoms with van der Waals surface area (Å²) >= 11 is 0. The number of carbonyl (C=O) groups is 6. The molecule has 1 saturated heterocycles. The minimum absolute atomic E-state index is 0.0581. The van der Waals surface area contributed by atoms with Gasteiger partial charge in [-0.2, -0.15) is 0 Å². The number of aliphatic hydroxyl groups is 1. The van der Waals surface area contributed by atoms with E-state index >= 15 is 0 Å². The van der Waals surface area contributed by atoms with Crippen LogP contribution in [0.1, 0.15) is 110 Å². The van der Waals surface area contributed by atoms with Crippen molar-refractivity contribution >= 4 is 43.3 Å². The molecule has 1 fully saturated rings. The van der Waals surface area contributed by atoms with E-state index in [1.165, 1.54) is 29.9 Å². The highest BCUT2D eigenvalue weighted by Crippen LogP contribution is 2.45. The quantitative estimate of drug-likeness (QED) is 0.0399. The number of unbranched alkanes of at least 4 members (excludes halogenated alkanes) is 5. The molecule has 0 spiro atoms. The van der Waals surface area contributed by atoms with Crippen LogP contribution < -0.4 is 27.0 Å². The molecule has 1 aliphatic heterocycles. The van der Waals surface area contributed by atoms with Crippen LogP contribution in [0.3, 0.4) is 0 Å². The molecule has 9 N–H and O–H groups in total. The molecule has 1 aromatic heterocycles. The Hall–Kier alpha value is -4.72. The molecule has 2 heterocycles. The lowest BCUT2D eigenvalue weighted by molar-refractivity contribution is -0.140. The van der Waals surface area contributed by atoms with Gasteiger partial charge in [0.05, 0.1) is 44.8 Å². The number of aromatic nitrogens is 2. The number of nitrogens with one attached hydrogen (secondary N) is 5. The second-order valence-electron chi connectivity index (χ2n) is 17.0. The lowest BCUT2D eigenvalue weighted by Crippen LogP contribution is -2.61. The van der Waals surface area contributed by atoms with E-state index in [0.717, 1.165) is 38.5 Å². The van der Waals surface area contributed by atoms with Crippen LogP contribution in [0.2, 0.25) is 0 Å².